The van der Waals surface area contributed by atoms with E-state index in [0.717, 1.165) is 18.5 Å². The first kappa shape index (κ1) is 11.3. The fourth-order valence-corrected chi connectivity index (χ4v) is 5.01. The topological polar surface area (TPSA) is 37.3 Å². The van der Waals surface area contributed by atoms with Crippen LogP contribution in [0, 0.1) is 11.8 Å². The van der Waals surface area contributed by atoms with Crippen LogP contribution in [0.3, 0.4) is 0 Å². The van der Waals surface area contributed by atoms with Crippen molar-refractivity contribution in [1.29, 1.82) is 0 Å². The van der Waals surface area contributed by atoms with Gasteiger partial charge in [-0.05, 0) is 18.3 Å². The lowest BCUT2D eigenvalue weighted by Gasteiger charge is -2.14. The molecule has 1 rings (SSSR count). The third-order valence-corrected chi connectivity index (χ3v) is 6.45. The zero-order valence-corrected chi connectivity index (χ0v) is 9.61. The molecule has 1 saturated heterocycles. The van der Waals surface area contributed by atoms with Crippen LogP contribution in [0.2, 0.25) is 0 Å². The van der Waals surface area contributed by atoms with Crippen LogP contribution in [-0.4, -0.2) is 18.6 Å². The third kappa shape index (κ3) is 2.00. The highest BCUT2D eigenvalue weighted by molar-refractivity contribution is 8.08. The second-order valence-electron chi connectivity index (χ2n) is 3.58. The van der Waals surface area contributed by atoms with Crippen molar-refractivity contribution in [2.45, 2.75) is 30.1 Å². The van der Waals surface area contributed by atoms with Gasteiger partial charge in [0.05, 0.1) is 0 Å². The quantitative estimate of drug-likeness (QED) is 0.586. The standard InChI is InChI=1S/C9H16O2S2/c1-4-5-8-6(2)7(3)9(12-10)13(8)11/h4,6-10H,1,5H2,2-3H3/t6-,7+,8+,9-,13-/m1/s1. The van der Waals surface area contributed by atoms with E-state index in [4.69, 9.17) is 4.55 Å². The summed E-state index contributed by atoms with van der Waals surface area (Å²) < 4.78 is 20.7. The molecule has 0 aliphatic carbocycles. The Morgan fingerprint density at radius 2 is 2.15 bits per heavy atom. The van der Waals surface area contributed by atoms with E-state index in [-0.39, 0.29) is 9.83 Å². The van der Waals surface area contributed by atoms with Crippen LogP contribution in [0.4, 0.5) is 0 Å². The zero-order valence-electron chi connectivity index (χ0n) is 7.97. The summed E-state index contributed by atoms with van der Waals surface area (Å²) in [7, 11) is -0.917. The first-order valence-corrected chi connectivity index (χ1v) is 6.55. The molecule has 0 aromatic heterocycles. The summed E-state index contributed by atoms with van der Waals surface area (Å²) in [6.45, 7) is 7.82. The molecule has 0 amide bonds. The highest BCUT2D eigenvalue weighted by atomic mass is 32.2. The van der Waals surface area contributed by atoms with Gasteiger partial charge in [0.25, 0.3) is 0 Å². The average Bonchev–Trinajstić information content (AvgIpc) is 2.31. The monoisotopic (exact) mass is 220 g/mol. The molecule has 0 radical (unpaired) electrons. The molecule has 5 atom stereocenters. The maximum atomic E-state index is 11.8. The van der Waals surface area contributed by atoms with Crippen LogP contribution in [0.25, 0.3) is 0 Å². The Morgan fingerprint density at radius 1 is 1.54 bits per heavy atom. The van der Waals surface area contributed by atoms with Crippen LogP contribution in [0.15, 0.2) is 12.7 Å². The smallest absolute Gasteiger partial charge is 0.109 e. The van der Waals surface area contributed by atoms with Crippen molar-refractivity contribution in [3.63, 3.8) is 0 Å². The van der Waals surface area contributed by atoms with Gasteiger partial charge in [0.2, 0.25) is 0 Å². The Kier molecular flexibility index (Phi) is 4.01. The molecule has 0 unspecified atom stereocenters. The molecular formula is C9H16O2S2. The molecule has 13 heavy (non-hydrogen) atoms. The Labute approximate surface area is 86.5 Å². The lowest BCUT2D eigenvalue weighted by Crippen LogP contribution is -2.16. The van der Waals surface area contributed by atoms with Crippen LogP contribution in [0.1, 0.15) is 20.3 Å². The van der Waals surface area contributed by atoms with Crippen LogP contribution >= 0.6 is 12.0 Å². The predicted molar refractivity (Wildman–Crippen MR) is 59.1 cm³/mol. The molecule has 4 heteroatoms. The third-order valence-electron chi connectivity index (χ3n) is 2.88. The highest BCUT2D eigenvalue weighted by Gasteiger charge is 2.44. The van der Waals surface area contributed by atoms with Gasteiger partial charge in [-0.1, -0.05) is 19.9 Å². The molecule has 76 valence electrons. The van der Waals surface area contributed by atoms with Crippen LogP contribution in [-0.2, 0) is 10.8 Å². The minimum absolute atomic E-state index is 0.111. The first-order chi connectivity index (χ1) is 6.13. The van der Waals surface area contributed by atoms with E-state index in [0.29, 0.717) is 11.8 Å². The van der Waals surface area contributed by atoms with Crippen molar-refractivity contribution in [1.82, 2.24) is 0 Å². The fourth-order valence-electron chi connectivity index (χ4n) is 1.79. The molecule has 0 spiro atoms. The largest absolute Gasteiger partial charge is 0.329 e. The van der Waals surface area contributed by atoms with Gasteiger partial charge in [-0.25, -0.2) is 0 Å². The number of allylic oxidation sites excluding steroid dienone is 1. The summed E-state index contributed by atoms with van der Waals surface area (Å²) in [5, 5.41) is 0.178. The maximum absolute atomic E-state index is 11.8. The van der Waals surface area contributed by atoms with E-state index < -0.39 is 10.8 Å². The Morgan fingerprint density at radius 3 is 2.54 bits per heavy atom. The molecule has 0 aromatic carbocycles. The van der Waals surface area contributed by atoms with Gasteiger partial charge in [0.15, 0.2) is 0 Å². The second kappa shape index (κ2) is 4.62. The van der Waals surface area contributed by atoms with Gasteiger partial charge >= 0.3 is 0 Å². The first-order valence-electron chi connectivity index (χ1n) is 4.44. The minimum Gasteiger partial charge on any atom is -0.329 e. The molecule has 0 saturated carbocycles. The summed E-state index contributed by atoms with van der Waals surface area (Å²) in [5.74, 6) is 0.726. The molecule has 0 bridgehead atoms. The SMILES string of the molecule is C=CC[C@H]1[C@H](C)[C@H](C)[C@H](SO)[S@@]1=O. The van der Waals surface area contributed by atoms with Crippen molar-refractivity contribution in [3.8, 4) is 0 Å². The summed E-state index contributed by atoms with van der Waals surface area (Å²) in [6, 6.07) is 0. The van der Waals surface area contributed by atoms with Gasteiger partial charge < -0.3 is 4.55 Å². The van der Waals surface area contributed by atoms with E-state index in [1.165, 1.54) is 0 Å². The summed E-state index contributed by atoms with van der Waals surface area (Å²) in [4.78, 5) is 0. The lowest BCUT2D eigenvalue weighted by molar-refractivity contribution is 0.423. The number of hydrogen-bond acceptors (Lipinski definition) is 3. The zero-order chi connectivity index (χ0) is 10.0. The predicted octanol–water partition coefficient (Wildman–Crippen LogP) is 2.50. The van der Waals surface area contributed by atoms with E-state index in [9.17, 15) is 4.21 Å². The average molecular weight is 220 g/mol. The summed E-state index contributed by atoms with van der Waals surface area (Å²) >= 11 is 0.748. The van der Waals surface area contributed by atoms with Gasteiger partial charge in [-0.3, -0.25) is 4.21 Å². The highest BCUT2D eigenvalue weighted by Crippen LogP contribution is 2.40. The van der Waals surface area contributed by atoms with Crippen molar-refractivity contribution >= 4 is 22.8 Å². The van der Waals surface area contributed by atoms with Crippen molar-refractivity contribution < 1.29 is 8.76 Å². The van der Waals surface area contributed by atoms with Crippen molar-refractivity contribution in [2.24, 2.45) is 11.8 Å². The molecule has 1 heterocycles. The van der Waals surface area contributed by atoms with Gasteiger partial charge in [0.1, 0.15) is 4.58 Å². The van der Waals surface area contributed by atoms with Crippen molar-refractivity contribution in [3.05, 3.63) is 12.7 Å². The molecule has 2 nitrogen and oxygen atoms in total. The maximum Gasteiger partial charge on any atom is 0.109 e. The Hall–Kier alpha value is 0.200. The Bertz CT molecular complexity index is 218. The van der Waals surface area contributed by atoms with E-state index in [2.05, 4.69) is 20.4 Å². The summed E-state index contributed by atoms with van der Waals surface area (Å²) in [5.41, 5.74) is 0. The second-order valence-corrected chi connectivity index (χ2v) is 6.37. The summed E-state index contributed by atoms with van der Waals surface area (Å²) in [6.07, 6.45) is 2.60. The molecule has 0 aromatic rings. The Balaban J connectivity index is 2.77. The van der Waals surface area contributed by atoms with Crippen molar-refractivity contribution in [2.75, 3.05) is 0 Å². The van der Waals surface area contributed by atoms with Crippen LogP contribution < -0.4 is 0 Å². The molecule has 1 N–H and O–H groups in total. The van der Waals surface area contributed by atoms with Gasteiger partial charge in [-0.2, -0.15) is 0 Å². The molecule has 1 aliphatic rings. The normalized spacial score (nSPS) is 45.0. The number of hydrogen-bond donors (Lipinski definition) is 1. The lowest BCUT2D eigenvalue weighted by atomic mass is 9.93. The van der Waals surface area contributed by atoms with Gasteiger partial charge in [0, 0.05) is 28.1 Å². The minimum atomic E-state index is -0.917. The number of rotatable bonds is 3. The fraction of sp³-hybridized carbons (Fsp3) is 0.778. The molecule has 1 aliphatic heterocycles. The van der Waals surface area contributed by atoms with E-state index in [1.807, 2.05) is 6.08 Å². The van der Waals surface area contributed by atoms with E-state index in [1.54, 1.807) is 0 Å². The van der Waals surface area contributed by atoms with E-state index >= 15 is 0 Å². The molecule has 1 fully saturated rings. The molecular weight excluding hydrogens is 204 g/mol. The van der Waals surface area contributed by atoms with Crippen LogP contribution in [0.5, 0.6) is 0 Å². The van der Waals surface area contributed by atoms with Gasteiger partial charge in [-0.15, -0.1) is 6.58 Å².